The summed E-state index contributed by atoms with van der Waals surface area (Å²) in [6, 6.07) is 0.116. The Labute approximate surface area is 103 Å². The van der Waals surface area contributed by atoms with Crippen molar-refractivity contribution < 1.29 is 9.59 Å². The molecule has 0 aromatic carbocycles. The number of piperidine rings is 1. The highest BCUT2D eigenvalue weighted by atomic mass is 16.2. The molecular formula is C12H23N3O2. The highest BCUT2D eigenvalue weighted by Crippen LogP contribution is 2.14. The Morgan fingerprint density at radius 3 is 2.47 bits per heavy atom. The van der Waals surface area contributed by atoms with Crippen molar-refractivity contribution >= 4 is 11.8 Å². The lowest BCUT2D eigenvalue weighted by Crippen LogP contribution is -2.44. The van der Waals surface area contributed by atoms with Crippen molar-refractivity contribution in [1.82, 2.24) is 15.5 Å². The van der Waals surface area contributed by atoms with Gasteiger partial charge in [0.1, 0.15) is 0 Å². The van der Waals surface area contributed by atoms with Gasteiger partial charge < -0.3 is 15.5 Å². The van der Waals surface area contributed by atoms with E-state index in [2.05, 4.69) is 10.6 Å². The van der Waals surface area contributed by atoms with Crippen LogP contribution in [-0.4, -0.2) is 49.4 Å². The van der Waals surface area contributed by atoms with Crippen LogP contribution in [-0.2, 0) is 9.59 Å². The predicted octanol–water partition coefficient (Wildman–Crippen LogP) is -0.0310. The van der Waals surface area contributed by atoms with Gasteiger partial charge in [-0.05, 0) is 39.8 Å². The Bertz CT molecular complexity index is 273. The van der Waals surface area contributed by atoms with E-state index in [1.54, 1.807) is 7.05 Å². The van der Waals surface area contributed by atoms with E-state index >= 15 is 0 Å². The van der Waals surface area contributed by atoms with Gasteiger partial charge in [-0.15, -0.1) is 0 Å². The van der Waals surface area contributed by atoms with Crippen molar-refractivity contribution in [2.24, 2.45) is 5.92 Å². The topological polar surface area (TPSA) is 61.4 Å². The van der Waals surface area contributed by atoms with E-state index in [0.29, 0.717) is 0 Å². The lowest BCUT2D eigenvalue weighted by Gasteiger charge is -2.26. The minimum Gasteiger partial charge on any atom is -0.352 e. The summed E-state index contributed by atoms with van der Waals surface area (Å²) in [6.07, 6.45) is 1.74. The van der Waals surface area contributed by atoms with Crippen molar-refractivity contribution in [2.45, 2.75) is 32.7 Å². The summed E-state index contributed by atoms with van der Waals surface area (Å²) in [7, 11) is 1.70. The monoisotopic (exact) mass is 241 g/mol. The third-order valence-corrected chi connectivity index (χ3v) is 2.90. The van der Waals surface area contributed by atoms with Gasteiger partial charge in [0.25, 0.3) is 0 Å². The van der Waals surface area contributed by atoms with Gasteiger partial charge in [0, 0.05) is 19.0 Å². The second-order valence-corrected chi connectivity index (χ2v) is 4.94. The zero-order valence-electron chi connectivity index (χ0n) is 11.0. The molecule has 1 aliphatic rings. The maximum atomic E-state index is 12.0. The number of nitrogens with one attached hydrogen (secondary N) is 2. The van der Waals surface area contributed by atoms with E-state index in [9.17, 15) is 9.59 Å². The molecule has 1 rings (SSSR count). The molecule has 5 heteroatoms. The predicted molar refractivity (Wildman–Crippen MR) is 66.5 cm³/mol. The van der Waals surface area contributed by atoms with Gasteiger partial charge in [-0.1, -0.05) is 0 Å². The molecule has 2 amide bonds. The van der Waals surface area contributed by atoms with E-state index in [-0.39, 0.29) is 30.3 Å². The number of carbonyl (C=O) groups is 2. The summed E-state index contributed by atoms with van der Waals surface area (Å²) in [5, 5.41) is 6.01. The summed E-state index contributed by atoms with van der Waals surface area (Å²) < 4.78 is 0. The SMILES string of the molecule is CC(C)NC(=O)CN(C)C(=O)C1CCNCC1. The quantitative estimate of drug-likeness (QED) is 0.726. The van der Waals surface area contributed by atoms with Crippen LogP contribution < -0.4 is 10.6 Å². The average molecular weight is 241 g/mol. The molecule has 0 aliphatic carbocycles. The lowest BCUT2D eigenvalue weighted by molar-refractivity contribution is -0.138. The van der Waals surface area contributed by atoms with Gasteiger partial charge in [0.05, 0.1) is 6.54 Å². The van der Waals surface area contributed by atoms with E-state index in [1.807, 2.05) is 13.8 Å². The summed E-state index contributed by atoms with van der Waals surface area (Å²) in [5.41, 5.74) is 0. The third kappa shape index (κ3) is 4.73. The van der Waals surface area contributed by atoms with Crippen molar-refractivity contribution in [2.75, 3.05) is 26.7 Å². The molecule has 0 unspecified atom stereocenters. The molecule has 0 radical (unpaired) electrons. The Balaban J connectivity index is 2.37. The minimum absolute atomic E-state index is 0.0769. The van der Waals surface area contributed by atoms with Crippen LogP contribution in [0, 0.1) is 5.92 Å². The first kappa shape index (κ1) is 14.0. The van der Waals surface area contributed by atoms with Gasteiger partial charge >= 0.3 is 0 Å². The fourth-order valence-electron chi connectivity index (χ4n) is 2.04. The second-order valence-electron chi connectivity index (χ2n) is 4.94. The maximum Gasteiger partial charge on any atom is 0.239 e. The largest absolute Gasteiger partial charge is 0.352 e. The van der Waals surface area contributed by atoms with E-state index in [0.717, 1.165) is 25.9 Å². The second kappa shape index (κ2) is 6.59. The molecule has 0 aromatic heterocycles. The number of hydrogen-bond donors (Lipinski definition) is 2. The number of rotatable bonds is 4. The smallest absolute Gasteiger partial charge is 0.239 e. The third-order valence-electron chi connectivity index (χ3n) is 2.90. The Morgan fingerprint density at radius 1 is 1.35 bits per heavy atom. The molecule has 0 saturated carbocycles. The Kier molecular flexibility index (Phi) is 5.41. The van der Waals surface area contributed by atoms with E-state index < -0.39 is 0 Å². The van der Waals surface area contributed by atoms with Crippen LogP contribution in [0.25, 0.3) is 0 Å². The highest BCUT2D eigenvalue weighted by Gasteiger charge is 2.24. The van der Waals surface area contributed by atoms with Crippen LogP contribution in [0.3, 0.4) is 0 Å². The molecule has 1 heterocycles. The molecule has 0 bridgehead atoms. The highest BCUT2D eigenvalue weighted by molar-refractivity contribution is 5.85. The number of hydrogen-bond acceptors (Lipinski definition) is 3. The molecule has 1 fully saturated rings. The van der Waals surface area contributed by atoms with Crippen LogP contribution in [0.15, 0.2) is 0 Å². The normalized spacial score (nSPS) is 16.9. The molecule has 98 valence electrons. The van der Waals surface area contributed by atoms with Crippen LogP contribution in [0.4, 0.5) is 0 Å². The fourth-order valence-corrected chi connectivity index (χ4v) is 2.04. The molecule has 1 aliphatic heterocycles. The van der Waals surface area contributed by atoms with Crippen molar-refractivity contribution in [3.63, 3.8) is 0 Å². The molecule has 0 spiro atoms. The maximum absolute atomic E-state index is 12.0. The van der Waals surface area contributed by atoms with Gasteiger partial charge in [-0.2, -0.15) is 0 Å². The van der Waals surface area contributed by atoms with E-state index in [1.165, 1.54) is 4.90 Å². The van der Waals surface area contributed by atoms with Crippen LogP contribution in [0.2, 0.25) is 0 Å². The van der Waals surface area contributed by atoms with Crippen LogP contribution >= 0.6 is 0 Å². The molecular weight excluding hydrogens is 218 g/mol. The summed E-state index contributed by atoms with van der Waals surface area (Å²) >= 11 is 0. The molecule has 0 aromatic rings. The first-order chi connectivity index (χ1) is 8.00. The molecule has 2 N–H and O–H groups in total. The summed E-state index contributed by atoms with van der Waals surface area (Å²) in [6.45, 7) is 5.75. The lowest BCUT2D eigenvalue weighted by atomic mass is 9.97. The molecule has 0 atom stereocenters. The van der Waals surface area contributed by atoms with Gasteiger partial charge in [-0.25, -0.2) is 0 Å². The molecule has 17 heavy (non-hydrogen) atoms. The number of likely N-dealkylation sites (N-methyl/N-ethyl adjacent to an activating group) is 1. The Hall–Kier alpha value is -1.10. The number of nitrogens with zero attached hydrogens (tertiary/aromatic N) is 1. The van der Waals surface area contributed by atoms with Crippen molar-refractivity contribution in [1.29, 1.82) is 0 Å². The summed E-state index contributed by atoms with van der Waals surface area (Å²) in [5.74, 6) is 0.0725. The zero-order chi connectivity index (χ0) is 12.8. The van der Waals surface area contributed by atoms with E-state index in [4.69, 9.17) is 0 Å². The first-order valence-electron chi connectivity index (χ1n) is 6.25. The van der Waals surface area contributed by atoms with Crippen LogP contribution in [0.1, 0.15) is 26.7 Å². The number of carbonyl (C=O) groups excluding carboxylic acids is 2. The fraction of sp³-hybridized carbons (Fsp3) is 0.833. The molecule has 1 saturated heterocycles. The standard InChI is InChI=1S/C12H23N3O2/c1-9(2)14-11(16)8-15(3)12(17)10-4-6-13-7-5-10/h9-10,13H,4-8H2,1-3H3,(H,14,16). The van der Waals surface area contributed by atoms with Gasteiger partial charge in [-0.3, -0.25) is 9.59 Å². The number of amides is 2. The molecule has 5 nitrogen and oxygen atoms in total. The minimum atomic E-state index is -0.0928. The Morgan fingerprint density at radius 2 is 1.94 bits per heavy atom. The van der Waals surface area contributed by atoms with Gasteiger partial charge in [0.15, 0.2) is 0 Å². The van der Waals surface area contributed by atoms with Crippen molar-refractivity contribution in [3.8, 4) is 0 Å². The average Bonchev–Trinajstić information content (AvgIpc) is 2.28. The van der Waals surface area contributed by atoms with Crippen LogP contribution in [0.5, 0.6) is 0 Å². The summed E-state index contributed by atoms with van der Waals surface area (Å²) in [4.78, 5) is 25.1. The van der Waals surface area contributed by atoms with Crippen molar-refractivity contribution in [3.05, 3.63) is 0 Å². The zero-order valence-corrected chi connectivity index (χ0v) is 11.0. The van der Waals surface area contributed by atoms with Gasteiger partial charge in [0.2, 0.25) is 11.8 Å². The first-order valence-corrected chi connectivity index (χ1v) is 6.25.